The Labute approximate surface area is 156 Å². The van der Waals surface area contributed by atoms with Crippen molar-refractivity contribution in [3.8, 4) is 0 Å². The first-order valence-corrected chi connectivity index (χ1v) is 8.57. The van der Waals surface area contributed by atoms with Crippen LogP contribution in [0.1, 0.15) is 10.4 Å². The molecular weight excluding hydrogens is 336 g/mol. The van der Waals surface area contributed by atoms with E-state index in [0.29, 0.717) is 11.3 Å². The summed E-state index contributed by atoms with van der Waals surface area (Å²) in [6, 6.07) is 24.2. The van der Waals surface area contributed by atoms with Crippen molar-refractivity contribution in [2.24, 2.45) is 0 Å². The van der Waals surface area contributed by atoms with Crippen molar-refractivity contribution in [3.63, 3.8) is 0 Å². The maximum atomic E-state index is 12.2. The number of nitrogen functional groups attached to an aromatic ring is 1. The summed E-state index contributed by atoms with van der Waals surface area (Å²) in [7, 11) is 0. The SMILES string of the molecule is Nc1ccc2nccc(Nc3ccc(NC(=O)c4ccccc4)cc3)c2c1. The number of carbonyl (C=O) groups is 1. The summed E-state index contributed by atoms with van der Waals surface area (Å²) in [5.74, 6) is -0.132. The number of rotatable bonds is 4. The van der Waals surface area contributed by atoms with Crippen LogP contribution in [0.5, 0.6) is 0 Å². The van der Waals surface area contributed by atoms with Gasteiger partial charge in [-0.25, -0.2) is 0 Å². The van der Waals surface area contributed by atoms with E-state index in [0.717, 1.165) is 28.0 Å². The molecule has 1 aromatic heterocycles. The number of nitrogens with zero attached hydrogens (tertiary/aromatic N) is 1. The fourth-order valence-electron chi connectivity index (χ4n) is 2.86. The van der Waals surface area contributed by atoms with Crippen LogP contribution in [0.15, 0.2) is 85.1 Å². The smallest absolute Gasteiger partial charge is 0.255 e. The van der Waals surface area contributed by atoms with Gasteiger partial charge in [0.25, 0.3) is 5.91 Å². The Morgan fingerprint density at radius 3 is 2.37 bits per heavy atom. The third-order valence-corrected chi connectivity index (χ3v) is 4.22. The zero-order chi connectivity index (χ0) is 18.6. The van der Waals surface area contributed by atoms with E-state index < -0.39 is 0 Å². The van der Waals surface area contributed by atoms with Gasteiger partial charge in [0.1, 0.15) is 0 Å². The lowest BCUT2D eigenvalue weighted by Crippen LogP contribution is -2.11. The Morgan fingerprint density at radius 1 is 0.852 bits per heavy atom. The number of amides is 1. The van der Waals surface area contributed by atoms with Gasteiger partial charge in [0.2, 0.25) is 0 Å². The molecule has 4 N–H and O–H groups in total. The topological polar surface area (TPSA) is 80.0 Å². The number of aromatic nitrogens is 1. The Morgan fingerprint density at radius 2 is 1.59 bits per heavy atom. The van der Waals surface area contributed by atoms with Crippen LogP contribution in [0.25, 0.3) is 10.9 Å². The van der Waals surface area contributed by atoms with E-state index in [1.54, 1.807) is 18.3 Å². The van der Waals surface area contributed by atoms with Crippen molar-refractivity contribution in [2.45, 2.75) is 0 Å². The van der Waals surface area contributed by atoms with Crippen molar-refractivity contribution in [2.75, 3.05) is 16.4 Å². The molecule has 0 aliphatic carbocycles. The van der Waals surface area contributed by atoms with Gasteiger partial charge in [0.15, 0.2) is 0 Å². The molecule has 1 heterocycles. The maximum Gasteiger partial charge on any atom is 0.255 e. The number of hydrogen-bond acceptors (Lipinski definition) is 4. The number of nitrogens with two attached hydrogens (primary N) is 1. The predicted molar refractivity (Wildman–Crippen MR) is 110 cm³/mol. The number of pyridine rings is 1. The maximum absolute atomic E-state index is 12.2. The highest BCUT2D eigenvalue weighted by molar-refractivity contribution is 6.04. The summed E-state index contributed by atoms with van der Waals surface area (Å²) in [5, 5.41) is 7.23. The fraction of sp³-hybridized carbons (Fsp3) is 0. The Balaban J connectivity index is 1.52. The molecule has 1 amide bonds. The van der Waals surface area contributed by atoms with E-state index in [2.05, 4.69) is 15.6 Å². The number of anilines is 4. The summed E-state index contributed by atoms with van der Waals surface area (Å²) >= 11 is 0. The molecular formula is C22H18N4O. The van der Waals surface area contributed by atoms with Gasteiger partial charge in [0.05, 0.1) is 5.52 Å². The summed E-state index contributed by atoms with van der Waals surface area (Å²) in [6.45, 7) is 0. The molecule has 0 bridgehead atoms. The van der Waals surface area contributed by atoms with Gasteiger partial charge in [0, 0.05) is 39.9 Å². The van der Waals surface area contributed by atoms with Gasteiger partial charge >= 0.3 is 0 Å². The van der Waals surface area contributed by atoms with Crippen LogP contribution in [-0.4, -0.2) is 10.9 Å². The molecule has 4 rings (SSSR count). The molecule has 0 saturated carbocycles. The molecule has 0 aliphatic heterocycles. The Hall–Kier alpha value is -3.86. The van der Waals surface area contributed by atoms with Crippen LogP contribution in [0.3, 0.4) is 0 Å². The van der Waals surface area contributed by atoms with Crippen LogP contribution in [0.4, 0.5) is 22.7 Å². The zero-order valence-electron chi connectivity index (χ0n) is 14.5. The van der Waals surface area contributed by atoms with E-state index in [1.807, 2.05) is 66.7 Å². The lowest BCUT2D eigenvalue weighted by Gasteiger charge is -2.11. The van der Waals surface area contributed by atoms with E-state index >= 15 is 0 Å². The van der Waals surface area contributed by atoms with Gasteiger partial charge in [-0.1, -0.05) is 18.2 Å². The molecule has 132 valence electrons. The highest BCUT2D eigenvalue weighted by Crippen LogP contribution is 2.27. The highest BCUT2D eigenvalue weighted by Gasteiger charge is 2.06. The average Bonchev–Trinajstić information content (AvgIpc) is 2.70. The van der Waals surface area contributed by atoms with Gasteiger partial charge < -0.3 is 16.4 Å². The first kappa shape index (κ1) is 16.6. The molecule has 0 unspecified atom stereocenters. The second-order valence-electron chi connectivity index (χ2n) is 6.16. The number of fused-ring (bicyclic) bond motifs is 1. The molecule has 5 heteroatoms. The lowest BCUT2D eigenvalue weighted by atomic mass is 10.1. The van der Waals surface area contributed by atoms with Crippen LogP contribution in [-0.2, 0) is 0 Å². The third-order valence-electron chi connectivity index (χ3n) is 4.22. The largest absolute Gasteiger partial charge is 0.399 e. The number of benzene rings is 3. The Kier molecular flexibility index (Phi) is 4.41. The molecule has 3 aromatic carbocycles. The van der Waals surface area contributed by atoms with Gasteiger partial charge in [-0.15, -0.1) is 0 Å². The molecule has 5 nitrogen and oxygen atoms in total. The molecule has 0 atom stereocenters. The summed E-state index contributed by atoms with van der Waals surface area (Å²) in [4.78, 5) is 16.6. The summed E-state index contributed by atoms with van der Waals surface area (Å²) in [5.41, 5.74) is 10.7. The highest BCUT2D eigenvalue weighted by atomic mass is 16.1. The monoisotopic (exact) mass is 354 g/mol. The number of hydrogen-bond donors (Lipinski definition) is 3. The second-order valence-corrected chi connectivity index (χ2v) is 6.16. The predicted octanol–water partition coefficient (Wildman–Crippen LogP) is 4.81. The molecule has 0 spiro atoms. The lowest BCUT2D eigenvalue weighted by molar-refractivity contribution is 0.102. The van der Waals surface area contributed by atoms with Crippen LogP contribution in [0.2, 0.25) is 0 Å². The van der Waals surface area contributed by atoms with Gasteiger partial charge in [-0.2, -0.15) is 0 Å². The van der Waals surface area contributed by atoms with Gasteiger partial charge in [-0.05, 0) is 60.7 Å². The minimum absolute atomic E-state index is 0.132. The van der Waals surface area contributed by atoms with Crippen LogP contribution >= 0.6 is 0 Å². The van der Waals surface area contributed by atoms with Crippen molar-refractivity contribution >= 4 is 39.6 Å². The molecule has 27 heavy (non-hydrogen) atoms. The minimum atomic E-state index is -0.132. The van der Waals surface area contributed by atoms with E-state index in [1.165, 1.54) is 0 Å². The van der Waals surface area contributed by atoms with Crippen LogP contribution < -0.4 is 16.4 Å². The normalized spacial score (nSPS) is 10.5. The Bertz CT molecular complexity index is 1090. The molecule has 0 saturated heterocycles. The van der Waals surface area contributed by atoms with Crippen molar-refractivity contribution < 1.29 is 4.79 Å². The first-order chi connectivity index (χ1) is 13.2. The molecule has 0 radical (unpaired) electrons. The van der Waals surface area contributed by atoms with Gasteiger partial charge in [-0.3, -0.25) is 9.78 Å². The molecule has 0 aliphatic rings. The van der Waals surface area contributed by atoms with Crippen molar-refractivity contribution in [1.82, 2.24) is 4.98 Å². The summed E-state index contributed by atoms with van der Waals surface area (Å²) in [6.07, 6.45) is 1.76. The number of carbonyl (C=O) groups excluding carboxylic acids is 1. The van der Waals surface area contributed by atoms with Crippen LogP contribution in [0, 0.1) is 0 Å². The average molecular weight is 354 g/mol. The van der Waals surface area contributed by atoms with E-state index in [9.17, 15) is 4.79 Å². The van der Waals surface area contributed by atoms with E-state index in [-0.39, 0.29) is 5.91 Å². The molecule has 0 fully saturated rings. The second kappa shape index (κ2) is 7.17. The first-order valence-electron chi connectivity index (χ1n) is 8.57. The summed E-state index contributed by atoms with van der Waals surface area (Å²) < 4.78 is 0. The number of nitrogens with one attached hydrogen (secondary N) is 2. The van der Waals surface area contributed by atoms with Crippen molar-refractivity contribution in [3.05, 3.63) is 90.6 Å². The standard InChI is InChI=1S/C22H18N4O/c23-16-6-11-20-19(14-16)21(12-13-24-20)25-17-7-9-18(10-8-17)26-22(27)15-4-2-1-3-5-15/h1-14H,23H2,(H,24,25)(H,26,27). The van der Waals surface area contributed by atoms with Crippen molar-refractivity contribution in [1.29, 1.82) is 0 Å². The molecule has 4 aromatic rings. The minimum Gasteiger partial charge on any atom is -0.399 e. The quantitative estimate of drug-likeness (QED) is 0.459. The van der Waals surface area contributed by atoms with E-state index in [4.69, 9.17) is 5.73 Å². The zero-order valence-corrected chi connectivity index (χ0v) is 14.5. The third kappa shape index (κ3) is 3.72. The fourth-order valence-corrected chi connectivity index (χ4v) is 2.86.